The number of nitriles is 1. The lowest BCUT2D eigenvalue weighted by atomic mass is 10.1. The second kappa shape index (κ2) is 6.49. The van der Waals surface area contributed by atoms with E-state index in [2.05, 4.69) is 23.1 Å². The van der Waals surface area contributed by atoms with Crippen LogP contribution in [0.2, 0.25) is 0 Å². The van der Waals surface area contributed by atoms with E-state index in [1.807, 2.05) is 44.2 Å². The summed E-state index contributed by atoms with van der Waals surface area (Å²) < 4.78 is 24.5. The highest BCUT2D eigenvalue weighted by Gasteiger charge is 2.57. The molecule has 0 bridgehead atoms. The van der Waals surface area contributed by atoms with Crippen molar-refractivity contribution in [2.75, 3.05) is 11.4 Å². The number of ether oxygens (including phenoxy) is 4. The number of hydrogen-bond acceptors (Lipinski definition) is 6. The Bertz CT molecular complexity index is 924. The molecule has 0 aliphatic carbocycles. The molecule has 3 heterocycles. The van der Waals surface area contributed by atoms with Crippen LogP contribution in [-0.2, 0) is 20.8 Å². The van der Waals surface area contributed by atoms with Gasteiger partial charge in [-0.15, -0.1) is 0 Å². The van der Waals surface area contributed by atoms with E-state index in [0.717, 1.165) is 11.4 Å². The molecule has 6 nitrogen and oxygen atoms in total. The molecule has 3 aliphatic heterocycles. The van der Waals surface area contributed by atoms with Gasteiger partial charge < -0.3 is 23.8 Å². The molecule has 0 spiro atoms. The molecule has 0 aromatic heterocycles. The van der Waals surface area contributed by atoms with E-state index in [4.69, 9.17) is 18.9 Å². The van der Waals surface area contributed by atoms with Gasteiger partial charge in [0.1, 0.15) is 11.9 Å². The van der Waals surface area contributed by atoms with Crippen LogP contribution in [0.25, 0.3) is 0 Å². The van der Waals surface area contributed by atoms with Crippen molar-refractivity contribution in [3.63, 3.8) is 0 Å². The first-order valence-electron chi connectivity index (χ1n) is 9.53. The molecule has 28 heavy (non-hydrogen) atoms. The molecule has 2 saturated heterocycles. The van der Waals surface area contributed by atoms with Crippen molar-refractivity contribution in [2.24, 2.45) is 0 Å². The Morgan fingerprint density at radius 1 is 1.11 bits per heavy atom. The fourth-order valence-electron chi connectivity index (χ4n) is 4.19. The Morgan fingerprint density at radius 3 is 2.71 bits per heavy atom. The van der Waals surface area contributed by atoms with Crippen LogP contribution in [0.15, 0.2) is 48.5 Å². The molecule has 0 radical (unpaired) electrons. The molecule has 5 rings (SSSR count). The first-order valence-corrected chi connectivity index (χ1v) is 9.53. The largest absolute Gasteiger partial charge is 0.483 e. The second-order valence-corrected chi connectivity index (χ2v) is 7.89. The number of rotatable bonds is 2. The third kappa shape index (κ3) is 3.02. The quantitative estimate of drug-likeness (QED) is 0.800. The van der Waals surface area contributed by atoms with E-state index in [-0.39, 0.29) is 18.3 Å². The predicted molar refractivity (Wildman–Crippen MR) is 102 cm³/mol. The van der Waals surface area contributed by atoms with Gasteiger partial charge in [0.2, 0.25) is 0 Å². The summed E-state index contributed by atoms with van der Waals surface area (Å²) >= 11 is 0. The van der Waals surface area contributed by atoms with E-state index in [1.165, 1.54) is 5.56 Å². The van der Waals surface area contributed by atoms with Gasteiger partial charge in [-0.1, -0.05) is 30.3 Å². The summed E-state index contributed by atoms with van der Waals surface area (Å²) in [4.78, 5) is 2.21. The molecule has 144 valence electrons. The highest BCUT2D eigenvalue weighted by atomic mass is 16.8. The van der Waals surface area contributed by atoms with Gasteiger partial charge in [0.05, 0.1) is 17.3 Å². The van der Waals surface area contributed by atoms with Gasteiger partial charge in [-0.2, -0.15) is 5.26 Å². The monoisotopic (exact) mass is 378 g/mol. The van der Waals surface area contributed by atoms with Crippen molar-refractivity contribution in [1.82, 2.24) is 0 Å². The molecule has 6 heteroatoms. The molecule has 0 N–H and O–H groups in total. The summed E-state index contributed by atoms with van der Waals surface area (Å²) in [7, 11) is 0. The van der Waals surface area contributed by atoms with Gasteiger partial charge in [-0.05, 0) is 37.6 Å². The summed E-state index contributed by atoms with van der Waals surface area (Å²) in [6, 6.07) is 18.0. The van der Waals surface area contributed by atoms with Gasteiger partial charge in [0, 0.05) is 13.1 Å². The SMILES string of the molecule is CC1(C)O[C@H]2O[C@@H]3CN(Cc4ccccc4)c4cc(C#N)ccc4O[C@@H]3[C@H]2O1. The summed E-state index contributed by atoms with van der Waals surface area (Å²) in [6.07, 6.45) is -1.16. The van der Waals surface area contributed by atoms with E-state index >= 15 is 0 Å². The van der Waals surface area contributed by atoms with Gasteiger partial charge in [0.15, 0.2) is 24.3 Å². The Hall–Kier alpha value is -2.59. The van der Waals surface area contributed by atoms with Crippen LogP contribution in [0.3, 0.4) is 0 Å². The Morgan fingerprint density at radius 2 is 1.93 bits per heavy atom. The van der Waals surface area contributed by atoms with Crippen LogP contribution < -0.4 is 9.64 Å². The first-order chi connectivity index (χ1) is 13.5. The standard InChI is InChI=1S/C22H22N2O4/c1-22(2)27-20-19-18(26-21(20)28-22)13-24(12-14-6-4-3-5-7-14)16-10-15(11-23)8-9-17(16)25-19/h3-10,18-21H,12-13H2,1-2H3/t18-,19+,20-,21-/m1/s1. The maximum Gasteiger partial charge on any atom is 0.191 e. The lowest BCUT2D eigenvalue weighted by molar-refractivity contribution is -0.211. The molecular formula is C22H22N2O4. The molecule has 2 aromatic carbocycles. The lowest BCUT2D eigenvalue weighted by Crippen LogP contribution is -2.42. The van der Waals surface area contributed by atoms with E-state index in [9.17, 15) is 5.26 Å². The van der Waals surface area contributed by atoms with Crippen LogP contribution in [-0.4, -0.2) is 36.9 Å². The number of nitrogens with zero attached hydrogens (tertiary/aromatic N) is 2. The Balaban J connectivity index is 1.51. The van der Waals surface area contributed by atoms with E-state index in [1.54, 1.807) is 6.07 Å². The Labute approximate surface area is 164 Å². The van der Waals surface area contributed by atoms with Crippen molar-refractivity contribution in [3.8, 4) is 11.8 Å². The van der Waals surface area contributed by atoms with E-state index < -0.39 is 12.1 Å². The van der Waals surface area contributed by atoms with Gasteiger partial charge in [-0.25, -0.2) is 0 Å². The number of hydrogen-bond donors (Lipinski definition) is 0. The molecule has 0 unspecified atom stereocenters. The third-order valence-electron chi connectivity index (χ3n) is 5.40. The number of fused-ring (bicyclic) bond motifs is 4. The van der Waals surface area contributed by atoms with Gasteiger partial charge in [-0.3, -0.25) is 0 Å². The van der Waals surface area contributed by atoms with Crippen LogP contribution in [0, 0.1) is 11.3 Å². The van der Waals surface area contributed by atoms with Crippen molar-refractivity contribution in [3.05, 3.63) is 59.7 Å². The van der Waals surface area contributed by atoms with Crippen molar-refractivity contribution < 1.29 is 18.9 Å². The molecule has 0 amide bonds. The minimum atomic E-state index is -0.687. The highest BCUT2D eigenvalue weighted by Crippen LogP contribution is 2.43. The number of benzene rings is 2. The second-order valence-electron chi connectivity index (χ2n) is 7.89. The topological polar surface area (TPSA) is 64.0 Å². The van der Waals surface area contributed by atoms with Gasteiger partial charge in [0.25, 0.3) is 0 Å². The van der Waals surface area contributed by atoms with Crippen LogP contribution in [0.5, 0.6) is 5.75 Å². The number of anilines is 1. The smallest absolute Gasteiger partial charge is 0.191 e. The summed E-state index contributed by atoms with van der Waals surface area (Å²) in [6.45, 7) is 5.09. The van der Waals surface area contributed by atoms with E-state index in [0.29, 0.717) is 18.7 Å². The normalized spacial score (nSPS) is 29.8. The van der Waals surface area contributed by atoms with Crippen molar-refractivity contribution in [1.29, 1.82) is 5.26 Å². The van der Waals surface area contributed by atoms with Crippen LogP contribution in [0.1, 0.15) is 25.0 Å². The fourth-order valence-corrected chi connectivity index (χ4v) is 4.19. The zero-order chi connectivity index (χ0) is 19.3. The van der Waals surface area contributed by atoms with Crippen molar-refractivity contribution in [2.45, 2.75) is 50.8 Å². The molecule has 2 fully saturated rings. The summed E-state index contributed by atoms with van der Waals surface area (Å²) in [5.41, 5.74) is 2.68. The summed E-state index contributed by atoms with van der Waals surface area (Å²) in [5.74, 6) is 0.0488. The molecule has 3 aliphatic rings. The maximum atomic E-state index is 9.36. The first kappa shape index (κ1) is 17.5. The average molecular weight is 378 g/mol. The summed E-state index contributed by atoms with van der Waals surface area (Å²) in [5, 5.41) is 9.36. The predicted octanol–water partition coefficient (Wildman–Crippen LogP) is 3.20. The Kier molecular flexibility index (Phi) is 4.06. The van der Waals surface area contributed by atoms with Gasteiger partial charge >= 0.3 is 0 Å². The fraction of sp³-hybridized carbons (Fsp3) is 0.409. The highest BCUT2D eigenvalue weighted by molar-refractivity contribution is 5.63. The zero-order valence-electron chi connectivity index (χ0n) is 15.9. The molecular weight excluding hydrogens is 356 g/mol. The third-order valence-corrected chi connectivity index (χ3v) is 5.40. The molecule has 0 saturated carbocycles. The van der Waals surface area contributed by atoms with Crippen molar-refractivity contribution >= 4 is 5.69 Å². The minimum absolute atomic E-state index is 0.187. The minimum Gasteiger partial charge on any atom is -0.483 e. The lowest BCUT2D eigenvalue weighted by Gasteiger charge is -2.27. The molecule has 2 aromatic rings. The maximum absolute atomic E-state index is 9.36. The average Bonchev–Trinajstić information content (AvgIpc) is 3.08. The van der Waals surface area contributed by atoms with Crippen LogP contribution >= 0.6 is 0 Å². The zero-order valence-corrected chi connectivity index (χ0v) is 15.9. The van der Waals surface area contributed by atoms with Crippen LogP contribution in [0.4, 0.5) is 5.69 Å². The molecule has 4 atom stereocenters.